The average Bonchev–Trinajstić information content (AvgIpc) is 2.55. The highest BCUT2D eigenvalue weighted by atomic mass is 19.1. The standard InChI is InChI=1S/C15H19FN2O4/c1-21-13(19)15(16)10-18(8-7-12(15)17)14(20)22-9-11-5-3-2-4-6-11/h2-6,12H,7-10,17H2,1H3. The van der Waals surface area contributed by atoms with E-state index in [1.165, 1.54) is 0 Å². The third-order valence-electron chi connectivity index (χ3n) is 3.71. The fourth-order valence-corrected chi connectivity index (χ4v) is 2.35. The minimum Gasteiger partial charge on any atom is -0.467 e. The molecule has 2 atom stereocenters. The number of alkyl halides is 1. The van der Waals surface area contributed by atoms with E-state index in [1.54, 1.807) is 0 Å². The minimum absolute atomic E-state index is 0.0831. The van der Waals surface area contributed by atoms with E-state index in [2.05, 4.69) is 4.74 Å². The fraction of sp³-hybridized carbons (Fsp3) is 0.467. The van der Waals surface area contributed by atoms with Gasteiger partial charge < -0.3 is 20.1 Å². The van der Waals surface area contributed by atoms with E-state index in [-0.39, 0.29) is 19.6 Å². The average molecular weight is 310 g/mol. The number of hydrogen-bond acceptors (Lipinski definition) is 5. The summed E-state index contributed by atoms with van der Waals surface area (Å²) in [5.41, 5.74) is 4.08. The molecule has 2 unspecified atom stereocenters. The highest BCUT2D eigenvalue weighted by Crippen LogP contribution is 2.26. The summed E-state index contributed by atoms with van der Waals surface area (Å²) >= 11 is 0. The first-order valence-corrected chi connectivity index (χ1v) is 6.96. The number of piperidine rings is 1. The van der Waals surface area contributed by atoms with Crippen LogP contribution in [0.1, 0.15) is 12.0 Å². The normalized spacial score (nSPS) is 24.7. The van der Waals surface area contributed by atoms with E-state index in [1.807, 2.05) is 30.3 Å². The molecule has 120 valence electrons. The Morgan fingerprint density at radius 1 is 1.41 bits per heavy atom. The van der Waals surface area contributed by atoms with Gasteiger partial charge in [-0.1, -0.05) is 30.3 Å². The van der Waals surface area contributed by atoms with Crippen LogP contribution in [0.4, 0.5) is 9.18 Å². The number of amides is 1. The molecule has 6 nitrogen and oxygen atoms in total. The van der Waals surface area contributed by atoms with Gasteiger partial charge >= 0.3 is 12.1 Å². The topological polar surface area (TPSA) is 81.9 Å². The van der Waals surface area contributed by atoms with Crippen LogP contribution in [0.25, 0.3) is 0 Å². The maximum atomic E-state index is 14.7. The van der Waals surface area contributed by atoms with Crippen molar-refractivity contribution < 1.29 is 23.5 Å². The van der Waals surface area contributed by atoms with Crippen molar-refractivity contribution in [2.45, 2.75) is 24.7 Å². The Bertz CT molecular complexity index is 540. The molecule has 2 rings (SSSR count). The smallest absolute Gasteiger partial charge is 0.410 e. The van der Waals surface area contributed by atoms with Crippen LogP contribution in [0.15, 0.2) is 30.3 Å². The van der Waals surface area contributed by atoms with Crippen LogP contribution < -0.4 is 5.73 Å². The Kier molecular flexibility index (Phi) is 4.97. The predicted octanol–water partition coefficient (Wildman–Crippen LogP) is 1.24. The van der Waals surface area contributed by atoms with Gasteiger partial charge in [-0.15, -0.1) is 0 Å². The Hall–Kier alpha value is -2.15. The molecule has 1 aliphatic rings. The van der Waals surface area contributed by atoms with Crippen LogP contribution in [-0.2, 0) is 20.9 Å². The van der Waals surface area contributed by atoms with Gasteiger partial charge in [-0.05, 0) is 12.0 Å². The van der Waals surface area contributed by atoms with Crippen LogP contribution in [-0.4, -0.2) is 48.9 Å². The molecule has 1 amide bonds. The third kappa shape index (κ3) is 3.36. The van der Waals surface area contributed by atoms with E-state index in [0.717, 1.165) is 17.6 Å². The molecule has 1 aliphatic heterocycles. The van der Waals surface area contributed by atoms with Gasteiger partial charge in [0, 0.05) is 6.54 Å². The number of methoxy groups -OCH3 is 1. The predicted molar refractivity (Wildman–Crippen MR) is 76.6 cm³/mol. The minimum atomic E-state index is -2.40. The molecule has 22 heavy (non-hydrogen) atoms. The highest BCUT2D eigenvalue weighted by molar-refractivity contribution is 5.82. The van der Waals surface area contributed by atoms with Crippen molar-refractivity contribution in [3.8, 4) is 0 Å². The summed E-state index contributed by atoms with van der Waals surface area (Å²) in [4.78, 5) is 24.8. The van der Waals surface area contributed by atoms with Gasteiger partial charge in [0.05, 0.1) is 19.7 Å². The molecular weight excluding hydrogens is 291 g/mol. The number of esters is 1. The van der Waals surface area contributed by atoms with E-state index in [9.17, 15) is 14.0 Å². The summed E-state index contributed by atoms with van der Waals surface area (Å²) in [5, 5.41) is 0. The number of halogens is 1. The quantitative estimate of drug-likeness (QED) is 0.849. The number of likely N-dealkylation sites (tertiary alicyclic amines) is 1. The summed E-state index contributed by atoms with van der Waals surface area (Å²) in [6, 6.07) is 8.13. The summed E-state index contributed by atoms with van der Waals surface area (Å²) in [7, 11) is 1.09. The first-order valence-electron chi connectivity index (χ1n) is 6.96. The molecule has 1 aromatic carbocycles. The number of benzene rings is 1. The second-order valence-corrected chi connectivity index (χ2v) is 5.21. The third-order valence-corrected chi connectivity index (χ3v) is 3.71. The number of ether oxygens (including phenoxy) is 2. The van der Waals surface area contributed by atoms with Crippen LogP contribution in [0.2, 0.25) is 0 Å². The zero-order valence-corrected chi connectivity index (χ0v) is 12.3. The van der Waals surface area contributed by atoms with Crippen LogP contribution >= 0.6 is 0 Å². The SMILES string of the molecule is COC(=O)C1(F)CN(C(=O)OCc2ccccc2)CCC1N. The Balaban J connectivity index is 1.97. The second-order valence-electron chi connectivity index (χ2n) is 5.21. The molecule has 1 saturated heterocycles. The summed E-state index contributed by atoms with van der Waals surface area (Å²) in [6.07, 6.45) is -0.520. The van der Waals surface area contributed by atoms with Gasteiger partial charge in [-0.2, -0.15) is 0 Å². The first-order chi connectivity index (χ1) is 10.5. The van der Waals surface area contributed by atoms with E-state index in [0.29, 0.717) is 0 Å². The molecule has 0 spiro atoms. The number of carbonyl (C=O) groups is 2. The van der Waals surface area contributed by atoms with Gasteiger partial charge in [0.25, 0.3) is 0 Å². The van der Waals surface area contributed by atoms with Gasteiger partial charge in [0.1, 0.15) is 6.61 Å². The second kappa shape index (κ2) is 6.74. The van der Waals surface area contributed by atoms with Crippen LogP contribution in [0, 0.1) is 0 Å². The van der Waals surface area contributed by atoms with Crippen molar-refractivity contribution in [3.63, 3.8) is 0 Å². The van der Waals surface area contributed by atoms with E-state index >= 15 is 0 Å². The number of hydrogen-bond donors (Lipinski definition) is 1. The number of carbonyl (C=O) groups excluding carboxylic acids is 2. The lowest BCUT2D eigenvalue weighted by Gasteiger charge is -2.38. The van der Waals surface area contributed by atoms with E-state index in [4.69, 9.17) is 10.5 Å². The molecule has 1 aromatic rings. The Labute approximate surface area is 128 Å². The Morgan fingerprint density at radius 3 is 2.73 bits per heavy atom. The van der Waals surface area contributed by atoms with Crippen molar-refractivity contribution in [1.82, 2.24) is 4.90 Å². The van der Waals surface area contributed by atoms with Crippen molar-refractivity contribution in [2.24, 2.45) is 5.73 Å². The lowest BCUT2D eigenvalue weighted by atomic mass is 9.90. The number of nitrogens with two attached hydrogens (primary N) is 1. The number of nitrogens with zero attached hydrogens (tertiary/aromatic N) is 1. The molecule has 1 heterocycles. The zero-order chi connectivity index (χ0) is 16.2. The van der Waals surface area contributed by atoms with Crippen molar-refractivity contribution >= 4 is 12.1 Å². The van der Waals surface area contributed by atoms with Crippen molar-refractivity contribution in [2.75, 3.05) is 20.2 Å². The molecule has 0 aliphatic carbocycles. The molecule has 1 fully saturated rings. The zero-order valence-electron chi connectivity index (χ0n) is 12.3. The highest BCUT2D eigenvalue weighted by Gasteiger charge is 2.51. The molecule has 0 aromatic heterocycles. The van der Waals surface area contributed by atoms with Crippen molar-refractivity contribution in [1.29, 1.82) is 0 Å². The van der Waals surface area contributed by atoms with Crippen molar-refractivity contribution in [3.05, 3.63) is 35.9 Å². The largest absolute Gasteiger partial charge is 0.467 e. The fourth-order valence-electron chi connectivity index (χ4n) is 2.35. The molecule has 2 N–H and O–H groups in total. The molecule has 0 radical (unpaired) electrons. The van der Waals surface area contributed by atoms with Gasteiger partial charge in [-0.3, -0.25) is 0 Å². The van der Waals surface area contributed by atoms with E-state index < -0.39 is 30.3 Å². The molecule has 7 heteroatoms. The van der Waals surface area contributed by atoms with Crippen LogP contribution in [0.5, 0.6) is 0 Å². The molecule has 0 saturated carbocycles. The molecular formula is C15H19FN2O4. The van der Waals surface area contributed by atoms with Gasteiger partial charge in [0.2, 0.25) is 5.67 Å². The van der Waals surface area contributed by atoms with Gasteiger partial charge in [0.15, 0.2) is 0 Å². The summed E-state index contributed by atoms with van der Waals surface area (Å²) in [5.74, 6) is -1.07. The lowest BCUT2D eigenvalue weighted by Crippen LogP contribution is -2.63. The number of rotatable bonds is 3. The molecule has 0 bridgehead atoms. The van der Waals surface area contributed by atoms with Crippen LogP contribution in [0.3, 0.4) is 0 Å². The first kappa shape index (κ1) is 16.2. The summed E-state index contributed by atoms with van der Waals surface area (Å²) in [6.45, 7) is -0.147. The monoisotopic (exact) mass is 310 g/mol. The van der Waals surface area contributed by atoms with Gasteiger partial charge in [-0.25, -0.2) is 14.0 Å². The maximum Gasteiger partial charge on any atom is 0.410 e. The lowest BCUT2D eigenvalue weighted by molar-refractivity contribution is -0.159. The maximum absolute atomic E-state index is 14.7. The summed E-state index contributed by atoms with van der Waals surface area (Å²) < 4.78 is 24.3. The Morgan fingerprint density at radius 2 is 2.09 bits per heavy atom.